The summed E-state index contributed by atoms with van der Waals surface area (Å²) >= 11 is 0. The lowest BCUT2D eigenvalue weighted by Gasteiger charge is -2.32. The zero-order chi connectivity index (χ0) is 6.91. The van der Waals surface area contributed by atoms with E-state index in [0.29, 0.717) is 0 Å². The van der Waals surface area contributed by atoms with Gasteiger partial charge in [0.25, 0.3) is 0 Å². The lowest BCUT2D eigenvalue weighted by molar-refractivity contribution is -0.678. The number of quaternary nitrogens is 1. The Morgan fingerprint density at radius 2 is 2.22 bits per heavy atom. The first-order valence-corrected chi connectivity index (χ1v) is 3.63. The van der Waals surface area contributed by atoms with E-state index in [4.69, 9.17) is 0 Å². The van der Waals surface area contributed by atoms with Crippen LogP contribution in [0.5, 0.6) is 0 Å². The summed E-state index contributed by atoms with van der Waals surface area (Å²) in [6.45, 7) is 6.39. The van der Waals surface area contributed by atoms with Crippen LogP contribution in [0, 0.1) is 5.41 Å². The number of hydrogen-bond donors (Lipinski definition) is 2. The highest BCUT2D eigenvalue weighted by atomic mass is 16.3. The zero-order valence-electron chi connectivity index (χ0n) is 6.22. The van der Waals surface area contributed by atoms with Crippen molar-refractivity contribution < 1.29 is 10.4 Å². The average Bonchev–Trinajstić information content (AvgIpc) is 1.77. The van der Waals surface area contributed by atoms with Crippen LogP contribution in [0.3, 0.4) is 0 Å². The molecule has 2 nitrogen and oxygen atoms in total. The molecule has 3 N–H and O–H groups in total. The molecular formula is C7H16NO+. The third-order valence-corrected chi connectivity index (χ3v) is 2.22. The van der Waals surface area contributed by atoms with Crippen LogP contribution in [0.15, 0.2) is 0 Å². The van der Waals surface area contributed by atoms with Crippen molar-refractivity contribution in [2.24, 2.45) is 5.41 Å². The minimum absolute atomic E-state index is 0.0810. The highest BCUT2D eigenvalue weighted by molar-refractivity contribution is 4.78. The van der Waals surface area contributed by atoms with E-state index in [0.717, 1.165) is 19.5 Å². The van der Waals surface area contributed by atoms with Crippen molar-refractivity contribution in [3.8, 4) is 0 Å². The van der Waals surface area contributed by atoms with Gasteiger partial charge in [0.05, 0.1) is 19.2 Å². The van der Waals surface area contributed by atoms with Crippen molar-refractivity contribution in [2.75, 3.05) is 13.1 Å². The van der Waals surface area contributed by atoms with Gasteiger partial charge < -0.3 is 10.4 Å². The molecule has 1 aliphatic rings. The Morgan fingerprint density at radius 3 is 2.56 bits per heavy atom. The number of hydrogen-bond acceptors (Lipinski definition) is 1. The van der Waals surface area contributed by atoms with Gasteiger partial charge in [-0.25, -0.2) is 0 Å². The normalized spacial score (nSPS) is 34.3. The van der Waals surface area contributed by atoms with Gasteiger partial charge in [-0.3, -0.25) is 0 Å². The number of aliphatic hydroxyl groups is 1. The largest absolute Gasteiger partial charge is 0.392 e. The SMILES string of the molecule is CC1(C)C[NH2+]CC[C@@H]1O. The highest BCUT2D eigenvalue weighted by Crippen LogP contribution is 2.21. The number of nitrogens with two attached hydrogens (primary N) is 1. The Morgan fingerprint density at radius 1 is 1.56 bits per heavy atom. The molecule has 0 spiro atoms. The zero-order valence-corrected chi connectivity index (χ0v) is 6.22. The van der Waals surface area contributed by atoms with Crippen LogP contribution in [0.1, 0.15) is 20.3 Å². The van der Waals surface area contributed by atoms with Crippen molar-refractivity contribution >= 4 is 0 Å². The molecule has 2 heteroatoms. The molecule has 1 heterocycles. The summed E-state index contributed by atoms with van der Waals surface area (Å²) < 4.78 is 0. The van der Waals surface area contributed by atoms with Gasteiger partial charge in [0, 0.05) is 11.8 Å². The van der Waals surface area contributed by atoms with Crippen LogP contribution in [-0.2, 0) is 0 Å². The molecule has 0 saturated carbocycles. The summed E-state index contributed by atoms with van der Waals surface area (Å²) in [5.41, 5.74) is 0.137. The van der Waals surface area contributed by atoms with E-state index < -0.39 is 0 Å². The molecule has 9 heavy (non-hydrogen) atoms. The molecular weight excluding hydrogens is 114 g/mol. The minimum atomic E-state index is -0.0810. The van der Waals surface area contributed by atoms with E-state index in [1.807, 2.05) is 0 Å². The molecule has 0 radical (unpaired) electrons. The van der Waals surface area contributed by atoms with Crippen molar-refractivity contribution in [2.45, 2.75) is 26.4 Å². The molecule has 0 aromatic carbocycles. The summed E-state index contributed by atoms with van der Waals surface area (Å²) in [4.78, 5) is 0. The Bertz CT molecular complexity index is 101. The van der Waals surface area contributed by atoms with Crippen LogP contribution in [0.4, 0.5) is 0 Å². The molecule has 0 aromatic heterocycles. The quantitative estimate of drug-likeness (QED) is 0.449. The maximum absolute atomic E-state index is 9.42. The van der Waals surface area contributed by atoms with E-state index >= 15 is 0 Å². The number of rotatable bonds is 0. The smallest absolute Gasteiger partial charge is 0.0832 e. The van der Waals surface area contributed by atoms with Crippen molar-refractivity contribution in [3.05, 3.63) is 0 Å². The molecule has 1 saturated heterocycles. The van der Waals surface area contributed by atoms with E-state index in [1.165, 1.54) is 0 Å². The first kappa shape index (κ1) is 7.03. The number of piperidine rings is 1. The maximum Gasteiger partial charge on any atom is 0.0832 e. The molecule has 0 unspecified atom stereocenters. The molecule has 0 aromatic rings. The summed E-state index contributed by atoms with van der Waals surface area (Å²) in [5, 5.41) is 11.7. The summed E-state index contributed by atoms with van der Waals surface area (Å²) in [6, 6.07) is 0. The predicted octanol–water partition coefficient (Wildman–Crippen LogP) is -0.659. The van der Waals surface area contributed by atoms with E-state index in [1.54, 1.807) is 0 Å². The van der Waals surface area contributed by atoms with Gasteiger partial charge >= 0.3 is 0 Å². The van der Waals surface area contributed by atoms with Gasteiger partial charge in [0.15, 0.2) is 0 Å². The molecule has 1 fully saturated rings. The van der Waals surface area contributed by atoms with Gasteiger partial charge in [0.2, 0.25) is 0 Å². The Balaban J connectivity index is 2.49. The van der Waals surface area contributed by atoms with E-state index in [2.05, 4.69) is 19.2 Å². The van der Waals surface area contributed by atoms with Crippen LogP contribution in [-0.4, -0.2) is 24.3 Å². The topological polar surface area (TPSA) is 36.8 Å². The molecule has 0 bridgehead atoms. The standard InChI is InChI=1S/C7H15NO/c1-7(2)5-8-4-3-6(7)9/h6,8-9H,3-5H2,1-2H3/p+1/t6-/m0/s1. The van der Waals surface area contributed by atoms with Gasteiger partial charge in [0.1, 0.15) is 0 Å². The predicted molar refractivity (Wildman–Crippen MR) is 36.1 cm³/mol. The second-order valence-electron chi connectivity index (χ2n) is 3.57. The lowest BCUT2D eigenvalue weighted by Crippen LogP contribution is -2.90. The second-order valence-corrected chi connectivity index (χ2v) is 3.57. The minimum Gasteiger partial charge on any atom is -0.392 e. The third-order valence-electron chi connectivity index (χ3n) is 2.22. The molecule has 1 rings (SSSR count). The fourth-order valence-electron chi connectivity index (χ4n) is 1.28. The van der Waals surface area contributed by atoms with E-state index in [9.17, 15) is 5.11 Å². The lowest BCUT2D eigenvalue weighted by atomic mass is 9.82. The molecule has 0 aliphatic carbocycles. The van der Waals surface area contributed by atoms with Crippen LogP contribution in [0.2, 0.25) is 0 Å². The third kappa shape index (κ3) is 1.43. The van der Waals surface area contributed by atoms with Crippen molar-refractivity contribution in [3.63, 3.8) is 0 Å². The maximum atomic E-state index is 9.42. The Labute approximate surface area is 56.3 Å². The molecule has 1 atom stereocenters. The molecule has 0 amide bonds. The van der Waals surface area contributed by atoms with E-state index in [-0.39, 0.29) is 11.5 Å². The van der Waals surface area contributed by atoms with Crippen molar-refractivity contribution in [1.29, 1.82) is 0 Å². The molecule has 54 valence electrons. The van der Waals surface area contributed by atoms with Crippen LogP contribution >= 0.6 is 0 Å². The second kappa shape index (κ2) is 2.27. The summed E-state index contributed by atoms with van der Waals surface area (Å²) in [7, 11) is 0. The van der Waals surface area contributed by atoms with Crippen molar-refractivity contribution in [1.82, 2.24) is 0 Å². The number of aliphatic hydroxyl groups excluding tert-OH is 1. The molecule has 1 aliphatic heterocycles. The Kier molecular flexibility index (Phi) is 1.78. The fraction of sp³-hybridized carbons (Fsp3) is 1.00. The summed E-state index contributed by atoms with van der Waals surface area (Å²) in [5.74, 6) is 0. The van der Waals surface area contributed by atoms with Crippen LogP contribution < -0.4 is 5.32 Å². The van der Waals surface area contributed by atoms with Gasteiger partial charge in [-0.2, -0.15) is 0 Å². The highest BCUT2D eigenvalue weighted by Gasteiger charge is 2.32. The summed E-state index contributed by atoms with van der Waals surface area (Å²) in [6.07, 6.45) is 0.870. The average molecular weight is 130 g/mol. The van der Waals surface area contributed by atoms with Gasteiger partial charge in [-0.05, 0) is 0 Å². The fourth-order valence-corrected chi connectivity index (χ4v) is 1.28. The first-order chi connectivity index (χ1) is 4.13. The monoisotopic (exact) mass is 130 g/mol. The Hall–Kier alpha value is -0.0800. The first-order valence-electron chi connectivity index (χ1n) is 3.63. The van der Waals surface area contributed by atoms with Gasteiger partial charge in [-0.15, -0.1) is 0 Å². The van der Waals surface area contributed by atoms with Gasteiger partial charge in [-0.1, -0.05) is 13.8 Å². The van der Waals surface area contributed by atoms with Crippen LogP contribution in [0.25, 0.3) is 0 Å².